The van der Waals surface area contributed by atoms with E-state index in [4.69, 9.17) is 0 Å². The maximum atomic E-state index is 4.54. The summed E-state index contributed by atoms with van der Waals surface area (Å²) in [6.07, 6.45) is 8.60. The number of thiazole rings is 1. The Hall–Kier alpha value is -0.410. The van der Waals surface area contributed by atoms with E-state index in [1.807, 2.05) is 6.20 Å². The highest BCUT2D eigenvalue weighted by Crippen LogP contribution is 2.40. The fraction of sp³-hybridized carbons (Fsp3) is 0.769. The zero-order chi connectivity index (χ0) is 11.4. The molecule has 1 N–H and O–H groups in total. The number of nitrogens with one attached hydrogen (secondary N) is 1. The van der Waals surface area contributed by atoms with Crippen LogP contribution in [-0.4, -0.2) is 11.5 Å². The van der Waals surface area contributed by atoms with Crippen molar-refractivity contribution in [2.24, 2.45) is 5.92 Å². The van der Waals surface area contributed by atoms with Gasteiger partial charge in [0.05, 0.1) is 5.54 Å². The molecule has 0 aliphatic heterocycles. The normalized spacial score (nSPS) is 21.1. The molecule has 1 fully saturated rings. The van der Waals surface area contributed by atoms with E-state index in [1.165, 1.54) is 37.1 Å². The molecular formula is C13H22N2S. The number of rotatable bonds is 5. The van der Waals surface area contributed by atoms with Gasteiger partial charge in [-0.3, -0.25) is 0 Å². The summed E-state index contributed by atoms with van der Waals surface area (Å²) >= 11 is 1.79. The van der Waals surface area contributed by atoms with Gasteiger partial charge in [0.15, 0.2) is 0 Å². The van der Waals surface area contributed by atoms with Crippen molar-refractivity contribution < 1.29 is 0 Å². The monoisotopic (exact) mass is 238 g/mol. The second kappa shape index (κ2) is 5.28. The molecule has 90 valence electrons. The lowest BCUT2D eigenvalue weighted by atomic mass is 9.84. The van der Waals surface area contributed by atoms with Crippen molar-refractivity contribution >= 4 is 11.3 Å². The van der Waals surface area contributed by atoms with E-state index >= 15 is 0 Å². The molecule has 0 amide bonds. The van der Waals surface area contributed by atoms with Crippen molar-refractivity contribution in [1.29, 1.82) is 0 Å². The molecule has 1 unspecified atom stereocenters. The number of nitrogens with zero attached hydrogens (tertiary/aromatic N) is 1. The Bertz CT molecular complexity index is 304. The van der Waals surface area contributed by atoms with Crippen LogP contribution < -0.4 is 5.32 Å². The predicted molar refractivity (Wildman–Crippen MR) is 69.7 cm³/mol. The minimum atomic E-state index is 0.112. The van der Waals surface area contributed by atoms with E-state index in [2.05, 4.69) is 29.5 Å². The zero-order valence-corrected chi connectivity index (χ0v) is 11.1. The van der Waals surface area contributed by atoms with Crippen LogP contribution in [0.4, 0.5) is 0 Å². The number of hydrogen-bond donors (Lipinski definition) is 1. The fourth-order valence-corrected chi connectivity index (χ4v) is 3.62. The van der Waals surface area contributed by atoms with E-state index in [1.54, 1.807) is 11.3 Å². The van der Waals surface area contributed by atoms with E-state index in [0.717, 1.165) is 12.5 Å². The van der Waals surface area contributed by atoms with Gasteiger partial charge in [-0.05, 0) is 38.6 Å². The van der Waals surface area contributed by atoms with Gasteiger partial charge in [-0.2, -0.15) is 0 Å². The first-order valence-corrected chi connectivity index (χ1v) is 7.30. The van der Waals surface area contributed by atoms with Gasteiger partial charge in [-0.15, -0.1) is 11.3 Å². The third-order valence-corrected chi connectivity index (χ3v) is 4.80. The van der Waals surface area contributed by atoms with Crippen LogP contribution in [0.2, 0.25) is 0 Å². The Morgan fingerprint density at radius 3 is 2.81 bits per heavy atom. The molecule has 0 spiro atoms. The average Bonchev–Trinajstić information content (AvgIpc) is 2.96. The SMILES string of the molecule is CCCNC(C)(c1nccs1)C1CCCC1. The van der Waals surface area contributed by atoms with E-state index in [-0.39, 0.29) is 5.54 Å². The van der Waals surface area contributed by atoms with Gasteiger partial charge in [0.25, 0.3) is 0 Å². The van der Waals surface area contributed by atoms with Crippen LogP contribution in [0, 0.1) is 5.92 Å². The summed E-state index contributed by atoms with van der Waals surface area (Å²) in [5.74, 6) is 0.769. The largest absolute Gasteiger partial charge is 0.305 e. The number of aromatic nitrogens is 1. The zero-order valence-electron chi connectivity index (χ0n) is 10.3. The summed E-state index contributed by atoms with van der Waals surface area (Å²) in [5, 5.41) is 7.10. The van der Waals surface area contributed by atoms with Gasteiger partial charge in [-0.25, -0.2) is 4.98 Å². The molecular weight excluding hydrogens is 216 g/mol. The maximum absolute atomic E-state index is 4.54. The van der Waals surface area contributed by atoms with Gasteiger partial charge in [-0.1, -0.05) is 19.8 Å². The van der Waals surface area contributed by atoms with Crippen LogP contribution in [0.3, 0.4) is 0 Å². The van der Waals surface area contributed by atoms with Crippen LogP contribution in [0.5, 0.6) is 0 Å². The Morgan fingerprint density at radius 1 is 1.50 bits per heavy atom. The van der Waals surface area contributed by atoms with Crippen LogP contribution >= 0.6 is 11.3 Å². The topological polar surface area (TPSA) is 24.9 Å². The third-order valence-electron chi connectivity index (χ3n) is 3.79. The standard InChI is InChI=1S/C13H22N2S/c1-3-8-15-13(2,11-6-4-5-7-11)12-14-9-10-16-12/h9-11,15H,3-8H2,1-2H3. The molecule has 1 aliphatic carbocycles. The van der Waals surface area contributed by atoms with Gasteiger partial charge in [0.2, 0.25) is 0 Å². The van der Waals surface area contributed by atoms with Crippen molar-refractivity contribution in [2.45, 2.75) is 51.5 Å². The minimum Gasteiger partial charge on any atom is -0.305 e. The van der Waals surface area contributed by atoms with Crippen molar-refractivity contribution in [1.82, 2.24) is 10.3 Å². The molecule has 1 atom stereocenters. The summed E-state index contributed by atoms with van der Waals surface area (Å²) in [6, 6.07) is 0. The molecule has 1 saturated carbocycles. The second-order valence-corrected chi connectivity index (χ2v) is 5.84. The summed E-state index contributed by atoms with van der Waals surface area (Å²) in [5.41, 5.74) is 0.112. The summed E-state index contributed by atoms with van der Waals surface area (Å²) < 4.78 is 0. The highest BCUT2D eigenvalue weighted by Gasteiger charge is 2.38. The lowest BCUT2D eigenvalue weighted by Crippen LogP contribution is -2.45. The van der Waals surface area contributed by atoms with Crippen molar-refractivity contribution in [3.05, 3.63) is 16.6 Å². The van der Waals surface area contributed by atoms with Crippen LogP contribution in [0.1, 0.15) is 51.0 Å². The molecule has 3 heteroatoms. The molecule has 2 nitrogen and oxygen atoms in total. The fourth-order valence-electron chi connectivity index (χ4n) is 2.76. The number of hydrogen-bond acceptors (Lipinski definition) is 3. The van der Waals surface area contributed by atoms with Crippen LogP contribution in [0.15, 0.2) is 11.6 Å². The van der Waals surface area contributed by atoms with Gasteiger partial charge < -0.3 is 5.32 Å². The molecule has 0 radical (unpaired) electrons. The lowest BCUT2D eigenvalue weighted by molar-refractivity contribution is 0.234. The quantitative estimate of drug-likeness (QED) is 0.848. The van der Waals surface area contributed by atoms with Crippen molar-refractivity contribution in [3.8, 4) is 0 Å². The molecule has 1 aromatic rings. The van der Waals surface area contributed by atoms with E-state index < -0.39 is 0 Å². The molecule has 1 heterocycles. The molecule has 2 rings (SSSR count). The Kier molecular flexibility index (Phi) is 3.98. The molecule has 0 aromatic carbocycles. The van der Waals surface area contributed by atoms with Crippen molar-refractivity contribution in [3.63, 3.8) is 0 Å². The summed E-state index contributed by atoms with van der Waals surface area (Å²) in [6.45, 7) is 5.66. The smallest absolute Gasteiger partial charge is 0.113 e. The lowest BCUT2D eigenvalue weighted by Gasteiger charge is -2.35. The summed E-state index contributed by atoms with van der Waals surface area (Å²) in [4.78, 5) is 4.54. The predicted octanol–water partition coefficient (Wildman–Crippen LogP) is 3.55. The maximum Gasteiger partial charge on any atom is 0.113 e. The van der Waals surface area contributed by atoms with Crippen molar-refractivity contribution in [2.75, 3.05) is 6.54 Å². The first kappa shape index (κ1) is 12.1. The molecule has 16 heavy (non-hydrogen) atoms. The average molecular weight is 238 g/mol. The third kappa shape index (κ3) is 2.30. The summed E-state index contributed by atoms with van der Waals surface area (Å²) in [7, 11) is 0. The van der Waals surface area contributed by atoms with Gasteiger partial charge >= 0.3 is 0 Å². The van der Waals surface area contributed by atoms with E-state index in [9.17, 15) is 0 Å². The van der Waals surface area contributed by atoms with Crippen LogP contribution in [0.25, 0.3) is 0 Å². The Balaban J connectivity index is 2.17. The Morgan fingerprint density at radius 2 is 2.25 bits per heavy atom. The molecule has 1 aliphatic rings. The second-order valence-electron chi connectivity index (χ2n) is 4.95. The highest BCUT2D eigenvalue weighted by molar-refractivity contribution is 7.09. The molecule has 0 saturated heterocycles. The van der Waals surface area contributed by atoms with Gasteiger partial charge in [0.1, 0.15) is 5.01 Å². The van der Waals surface area contributed by atoms with Crippen LogP contribution in [-0.2, 0) is 5.54 Å². The molecule has 1 aromatic heterocycles. The molecule has 0 bridgehead atoms. The van der Waals surface area contributed by atoms with E-state index in [0.29, 0.717) is 0 Å². The highest BCUT2D eigenvalue weighted by atomic mass is 32.1. The Labute approximate surface area is 102 Å². The first-order valence-electron chi connectivity index (χ1n) is 6.42. The van der Waals surface area contributed by atoms with Gasteiger partial charge in [0, 0.05) is 11.6 Å². The minimum absolute atomic E-state index is 0.112. The first-order chi connectivity index (χ1) is 7.77.